The number of likely N-dealkylation sites (N-methyl/N-ethyl adjacent to an activating group) is 1. The van der Waals surface area contributed by atoms with E-state index in [1.54, 1.807) is 0 Å². The Morgan fingerprint density at radius 1 is 0.897 bits per heavy atom. The molecule has 29 heavy (non-hydrogen) atoms. The van der Waals surface area contributed by atoms with Crippen molar-refractivity contribution >= 4 is 18.3 Å². The third kappa shape index (κ3) is 4.84. The van der Waals surface area contributed by atoms with Crippen LogP contribution in [0.25, 0.3) is 0 Å². The van der Waals surface area contributed by atoms with Gasteiger partial charge in [0.1, 0.15) is 0 Å². The number of hydrogen-bond donors (Lipinski definition) is 1. The van der Waals surface area contributed by atoms with Gasteiger partial charge in [-0.05, 0) is 49.3 Å². The molecule has 2 aliphatic rings. The number of rotatable bonds is 5. The van der Waals surface area contributed by atoms with E-state index in [2.05, 4.69) is 34.5 Å². The van der Waals surface area contributed by atoms with Gasteiger partial charge >= 0.3 is 0 Å². The average molecular weight is 413 g/mol. The number of carbonyl (C=O) groups is 1. The molecule has 3 atom stereocenters. The van der Waals surface area contributed by atoms with Gasteiger partial charge in [-0.1, -0.05) is 73.5 Å². The minimum absolute atomic E-state index is 0. The fourth-order valence-corrected chi connectivity index (χ4v) is 5.30. The van der Waals surface area contributed by atoms with Gasteiger partial charge in [-0.3, -0.25) is 4.79 Å². The van der Waals surface area contributed by atoms with E-state index in [0.717, 1.165) is 24.1 Å². The zero-order valence-corrected chi connectivity index (χ0v) is 18.1. The van der Waals surface area contributed by atoms with Crippen LogP contribution in [0.4, 0.5) is 0 Å². The first kappa shape index (κ1) is 21.9. The highest BCUT2D eigenvalue weighted by atomic mass is 35.5. The summed E-state index contributed by atoms with van der Waals surface area (Å²) in [5.74, 6) is 0.580. The van der Waals surface area contributed by atoms with Crippen LogP contribution in [0.1, 0.15) is 55.6 Å². The molecule has 4 heteroatoms. The van der Waals surface area contributed by atoms with Gasteiger partial charge in [0.15, 0.2) is 0 Å². The van der Waals surface area contributed by atoms with Crippen molar-refractivity contribution in [2.24, 2.45) is 5.92 Å². The summed E-state index contributed by atoms with van der Waals surface area (Å²) in [5, 5.41) is 3.70. The third-order valence-corrected chi connectivity index (χ3v) is 6.75. The van der Waals surface area contributed by atoms with Gasteiger partial charge in [-0.2, -0.15) is 0 Å². The van der Waals surface area contributed by atoms with E-state index in [1.807, 2.05) is 43.4 Å². The van der Waals surface area contributed by atoms with Gasteiger partial charge in [0.25, 0.3) is 0 Å². The van der Waals surface area contributed by atoms with E-state index in [1.165, 1.54) is 32.1 Å². The van der Waals surface area contributed by atoms with E-state index in [4.69, 9.17) is 0 Å². The first-order valence-electron chi connectivity index (χ1n) is 10.9. The van der Waals surface area contributed by atoms with Gasteiger partial charge < -0.3 is 10.2 Å². The molecular formula is C25H33ClN2O. The Hall–Kier alpha value is -1.84. The second-order valence-corrected chi connectivity index (χ2v) is 8.42. The summed E-state index contributed by atoms with van der Waals surface area (Å²) < 4.78 is 0. The van der Waals surface area contributed by atoms with Crippen molar-refractivity contribution in [1.29, 1.82) is 0 Å². The maximum Gasteiger partial charge on any atom is 0.234 e. The number of hydrogen-bond acceptors (Lipinski definition) is 2. The molecule has 156 valence electrons. The number of amides is 1. The fraction of sp³-hybridized carbons (Fsp3) is 0.480. The van der Waals surface area contributed by atoms with Crippen LogP contribution < -0.4 is 5.32 Å². The monoisotopic (exact) mass is 412 g/mol. The van der Waals surface area contributed by atoms with Gasteiger partial charge in [0, 0.05) is 19.1 Å². The van der Waals surface area contributed by atoms with E-state index in [0.29, 0.717) is 18.0 Å². The molecule has 2 aromatic rings. The fourth-order valence-electron chi connectivity index (χ4n) is 5.30. The molecule has 0 aromatic heterocycles. The first-order valence-corrected chi connectivity index (χ1v) is 10.9. The van der Waals surface area contributed by atoms with Gasteiger partial charge in [0.05, 0.1) is 5.92 Å². The van der Waals surface area contributed by atoms with E-state index < -0.39 is 0 Å². The average Bonchev–Trinajstić information content (AvgIpc) is 3.30. The number of nitrogens with one attached hydrogen (secondary N) is 1. The third-order valence-electron chi connectivity index (χ3n) is 6.75. The van der Waals surface area contributed by atoms with Crippen molar-refractivity contribution in [2.75, 3.05) is 13.6 Å². The maximum absolute atomic E-state index is 13.8. The second kappa shape index (κ2) is 10.3. The predicted octanol–water partition coefficient (Wildman–Crippen LogP) is 5.01. The van der Waals surface area contributed by atoms with Crippen molar-refractivity contribution in [2.45, 2.75) is 56.5 Å². The maximum atomic E-state index is 13.8. The van der Waals surface area contributed by atoms with Crippen molar-refractivity contribution in [1.82, 2.24) is 10.2 Å². The highest BCUT2D eigenvalue weighted by Crippen LogP contribution is 2.35. The van der Waals surface area contributed by atoms with Crippen molar-refractivity contribution < 1.29 is 4.79 Å². The smallest absolute Gasteiger partial charge is 0.234 e. The van der Waals surface area contributed by atoms with Crippen LogP contribution in [0.15, 0.2) is 60.7 Å². The molecule has 2 fully saturated rings. The van der Waals surface area contributed by atoms with Crippen molar-refractivity contribution in [3.63, 3.8) is 0 Å². The zero-order valence-electron chi connectivity index (χ0n) is 17.3. The Bertz CT molecular complexity index is 721. The largest absolute Gasteiger partial charge is 0.342 e. The Kier molecular flexibility index (Phi) is 7.74. The quantitative estimate of drug-likeness (QED) is 0.748. The number of benzene rings is 2. The lowest BCUT2D eigenvalue weighted by atomic mass is 9.78. The molecule has 1 aliphatic carbocycles. The molecule has 3 unspecified atom stereocenters. The Labute approximate surface area is 181 Å². The summed E-state index contributed by atoms with van der Waals surface area (Å²) in [7, 11) is 2.04. The molecule has 1 amide bonds. The summed E-state index contributed by atoms with van der Waals surface area (Å²) in [6.45, 7) is 1.13. The van der Waals surface area contributed by atoms with Crippen LogP contribution in [-0.4, -0.2) is 36.5 Å². The normalized spacial score (nSPS) is 24.1. The van der Waals surface area contributed by atoms with Crippen LogP contribution in [0.5, 0.6) is 0 Å². The predicted molar refractivity (Wildman–Crippen MR) is 122 cm³/mol. The Morgan fingerprint density at radius 2 is 1.48 bits per heavy atom. The SMILES string of the molecule is CN(C(=O)C(c1ccccc1)c1ccccc1)C1CCCCC1C1CCCN1.Cl. The topological polar surface area (TPSA) is 32.3 Å². The van der Waals surface area contributed by atoms with Gasteiger partial charge in [0.2, 0.25) is 5.91 Å². The molecule has 0 radical (unpaired) electrons. The minimum atomic E-state index is -0.230. The van der Waals surface area contributed by atoms with E-state index in [-0.39, 0.29) is 24.2 Å². The summed E-state index contributed by atoms with van der Waals surface area (Å²) in [5.41, 5.74) is 2.16. The number of nitrogens with zero attached hydrogens (tertiary/aromatic N) is 1. The summed E-state index contributed by atoms with van der Waals surface area (Å²) in [4.78, 5) is 15.9. The van der Waals surface area contributed by atoms with Crippen LogP contribution in [0.2, 0.25) is 0 Å². The molecule has 0 spiro atoms. The highest BCUT2D eigenvalue weighted by molar-refractivity contribution is 5.87. The van der Waals surface area contributed by atoms with Crippen LogP contribution >= 0.6 is 12.4 Å². The molecule has 0 bridgehead atoms. The number of halogens is 1. The lowest BCUT2D eigenvalue weighted by Crippen LogP contribution is -2.50. The molecular weight excluding hydrogens is 380 g/mol. The molecule has 3 nitrogen and oxygen atoms in total. The van der Waals surface area contributed by atoms with Crippen LogP contribution in [0.3, 0.4) is 0 Å². The van der Waals surface area contributed by atoms with E-state index in [9.17, 15) is 4.79 Å². The van der Waals surface area contributed by atoms with Gasteiger partial charge in [-0.25, -0.2) is 0 Å². The molecule has 1 aliphatic heterocycles. The van der Waals surface area contributed by atoms with Crippen LogP contribution in [-0.2, 0) is 4.79 Å². The Balaban J connectivity index is 0.00000240. The Morgan fingerprint density at radius 3 is 2.03 bits per heavy atom. The molecule has 1 N–H and O–H groups in total. The minimum Gasteiger partial charge on any atom is -0.342 e. The van der Waals surface area contributed by atoms with Crippen LogP contribution in [0, 0.1) is 5.92 Å². The molecule has 1 heterocycles. The summed E-state index contributed by atoms with van der Waals surface area (Å²) in [6.07, 6.45) is 7.41. The first-order chi connectivity index (χ1) is 13.8. The molecule has 4 rings (SSSR count). The van der Waals surface area contributed by atoms with E-state index >= 15 is 0 Å². The summed E-state index contributed by atoms with van der Waals surface area (Å²) in [6, 6.07) is 21.4. The molecule has 2 aromatic carbocycles. The number of carbonyl (C=O) groups excluding carboxylic acids is 1. The van der Waals surface area contributed by atoms with Crippen molar-refractivity contribution in [3.8, 4) is 0 Å². The second-order valence-electron chi connectivity index (χ2n) is 8.42. The highest BCUT2D eigenvalue weighted by Gasteiger charge is 2.38. The van der Waals surface area contributed by atoms with Gasteiger partial charge in [-0.15, -0.1) is 12.4 Å². The lowest BCUT2D eigenvalue weighted by molar-refractivity contribution is -0.134. The zero-order chi connectivity index (χ0) is 19.3. The standard InChI is InChI=1S/C25H32N2O.ClH/c1-27(23-17-9-8-15-21(23)22-16-10-18-26-22)25(28)24(19-11-4-2-5-12-19)20-13-6-3-7-14-20;/h2-7,11-14,21-24,26H,8-10,15-18H2,1H3;1H. The molecule has 1 saturated heterocycles. The van der Waals surface area contributed by atoms with Crippen molar-refractivity contribution in [3.05, 3.63) is 71.8 Å². The lowest BCUT2D eigenvalue weighted by Gasteiger charge is -2.42. The summed E-state index contributed by atoms with van der Waals surface area (Å²) >= 11 is 0. The molecule has 1 saturated carbocycles.